The van der Waals surface area contributed by atoms with Crippen molar-refractivity contribution in [2.24, 2.45) is 0 Å². The van der Waals surface area contributed by atoms with Crippen LogP contribution in [0.3, 0.4) is 0 Å². The Labute approximate surface area is 158 Å². The third-order valence-corrected chi connectivity index (χ3v) is 5.42. The summed E-state index contributed by atoms with van der Waals surface area (Å²) in [4.78, 5) is 31.2. The number of anilines is 1. The van der Waals surface area contributed by atoms with Gasteiger partial charge in [-0.25, -0.2) is 4.98 Å². The Hall–Kier alpha value is -2.52. The molecule has 2 aromatic heterocycles. The highest BCUT2D eigenvalue weighted by Gasteiger charge is 2.09. The number of benzene rings is 1. The molecule has 2 heterocycles. The fraction of sp³-hybridized carbons (Fsp3) is 0.235. The quantitative estimate of drug-likeness (QED) is 0.350. The van der Waals surface area contributed by atoms with Gasteiger partial charge in [-0.15, -0.1) is 16.8 Å². The van der Waals surface area contributed by atoms with E-state index in [-0.39, 0.29) is 11.5 Å². The van der Waals surface area contributed by atoms with Crippen LogP contribution in [0.5, 0.6) is 0 Å². The summed E-state index contributed by atoms with van der Waals surface area (Å²) in [5.41, 5.74) is 0.502. The molecule has 0 fully saturated rings. The summed E-state index contributed by atoms with van der Waals surface area (Å²) in [7, 11) is 0. The van der Waals surface area contributed by atoms with E-state index in [4.69, 9.17) is 0 Å². The third-order valence-electron chi connectivity index (χ3n) is 3.46. The van der Waals surface area contributed by atoms with Gasteiger partial charge >= 0.3 is 0 Å². The molecule has 3 rings (SSSR count). The van der Waals surface area contributed by atoms with Crippen molar-refractivity contribution >= 4 is 45.0 Å². The van der Waals surface area contributed by atoms with Gasteiger partial charge in [0.15, 0.2) is 4.34 Å². The molecular weight excluding hydrogens is 370 g/mol. The van der Waals surface area contributed by atoms with E-state index in [1.165, 1.54) is 23.1 Å². The highest BCUT2D eigenvalue weighted by atomic mass is 32.2. The maximum Gasteiger partial charge on any atom is 0.258 e. The molecule has 7 nitrogen and oxygen atoms in total. The molecular formula is C17H17N5O2S2. The predicted molar refractivity (Wildman–Crippen MR) is 105 cm³/mol. The number of amides is 1. The number of hydrogen-bond acceptors (Lipinski definition) is 7. The number of hydrogen-bond donors (Lipinski definition) is 2. The van der Waals surface area contributed by atoms with Crippen molar-refractivity contribution in [3.8, 4) is 0 Å². The Kier molecular flexibility index (Phi) is 6.13. The Morgan fingerprint density at radius 1 is 1.35 bits per heavy atom. The number of H-pyrrole nitrogens is 1. The number of nitrogens with one attached hydrogen (secondary N) is 2. The number of rotatable bonds is 8. The van der Waals surface area contributed by atoms with E-state index >= 15 is 0 Å². The Morgan fingerprint density at radius 3 is 3.04 bits per heavy atom. The summed E-state index contributed by atoms with van der Waals surface area (Å²) >= 11 is 2.85. The number of para-hydroxylation sites is 1. The molecule has 3 aromatic rings. The van der Waals surface area contributed by atoms with Crippen molar-refractivity contribution in [1.82, 2.24) is 20.2 Å². The van der Waals surface area contributed by atoms with E-state index in [9.17, 15) is 9.59 Å². The van der Waals surface area contributed by atoms with Gasteiger partial charge in [0.25, 0.3) is 5.56 Å². The van der Waals surface area contributed by atoms with Gasteiger partial charge in [-0.3, -0.25) is 9.59 Å². The molecule has 0 atom stereocenters. The maximum absolute atomic E-state index is 12.0. The molecule has 0 saturated heterocycles. The second-order valence-corrected chi connectivity index (χ2v) is 7.65. The van der Waals surface area contributed by atoms with Crippen molar-refractivity contribution in [3.05, 3.63) is 53.1 Å². The van der Waals surface area contributed by atoms with E-state index in [1.807, 2.05) is 6.07 Å². The smallest absolute Gasteiger partial charge is 0.258 e. The van der Waals surface area contributed by atoms with Crippen LogP contribution in [-0.4, -0.2) is 31.8 Å². The summed E-state index contributed by atoms with van der Waals surface area (Å²) in [5, 5.41) is 11.7. The van der Waals surface area contributed by atoms with Crippen LogP contribution in [0.15, 0.2) is 46.1 Å². The van der Waals surface area contributed by atoms with E-state index in [1.54, 1.807) is 24.3 Å². The first kappa shape index (κ1) is 18.3. The number of aromatic amines is 1. The normalized spacial score (nSPS) is 10.8. The Balaban J connectivity index is 1.51. The minimum Gasteiger partial charge on any atom is -0.310 e. The van der Waals surface area contributed by atoms with Crippen LogP contribution in [0.2, 0.25) is 0 Å². The fourth-order valence-corrected chi connectivity index (χ4v) is 3.83. The molecule has 0 radical (unpaired) electrons. The van der Waals surface area contributed by atoms with Gasteiger partial charge in [-0.05, 0) is 18.6 Å². The lowest BCUT2D eigenvalue weighted by Gasteiger charge is -2.03. The number of aryl methyl sites for hydroxylation is 1. The fourth-order valence-electron chi connectivity index (χ4n) is 2.30. The van der Waals surface area contributed by atoms with Crippen molar-refractivity contribution in [3.63, 3.8) is 0 Å². The topological polar surface area (TPSA) is 101 Å². The third kappa shape index (κ3) is 4.77. The first-order valence-corrected chi connectivity index (χ1v) is 9.81. The minimum atomic E-state index is -0.159. The second-order valence-electron chi connectivity index (χ2n) is 5.40. The molecule has 1 amide bonds. The highest BCUT2D eigenvalue weighted by molar-refractivity contribution is 8.01. The molecule has 134 valence electrons. The number of aromatic nitrogens is 4. The standard InChI is InChI=1S/C17H17N5O2S2/c1-2-10-25-17-22-21-16(26-17)20-14(23)9-5-8-13-18-12-7-4-3-6-11(12)15(24)19-13/h2-4,6-7H,1,5,8-10H2,(H,18,19,24)(H,20,21,23). The number of nitrogens with zero attached hydrogens (tertiary/aromatic N) is 3. The summed E-state index contributed by atoms with van der Waals surface area (Å²) in [6.45, 7) is 3.65. The number of fused-ring (bicyclic) bond motifs is 1. The van der Waals surface area contributed by atoms with Crippen molar-refractivity contribution in [1.29, 1.82) is 0 Å². The van der Waals surface area contributed by atoms with Crippen LogP contribution in [-0.2, 0) is 11.2 Å². The van der Waals surface area contributed by atoms with Crippen LogP contribution >= 0.6 is 23.1 Å². The first-order chi connectivity index (χ1) is 12.7. The summed E-state index contributed by atoms with van der Waals surface area (Å²) in [6, 6.07) is 7.19. The SMILES string of the molecule is C=CCSc1nnc(NC(=O)CCCc2nc3ccccc3c(=O)[nH]2)s1. The largest absolute Gasteiger partial charge is 0.310 e. The lowest BCUT2D eigenvalue weighted by atomic mass is 10.2. The zero-order valence-electron chi connectivity index (χ0n) is 13.9. The Bertz CT molecular complexity index is 982. The molecule has 0 saturated carbocycles. The van der Waals surface area contributed by atoms with E-state index in [0.29, 0.717) is 41.1 Å². The number of carbonyl (C=O) groups excluding carboxylic acids is 1. The van der Waals surface area contributed by atoms with Gasteiger partial charge in [0.1, 0.15) is 5.82 Å². The van der Waals surface area contributed by atoms with Crippen LogP contribution in [0.25, 0.3) is 10.9 Å². The number of thioether (sulfide) groups is 1. The molecule has 0 spiro atoms. The van der Waals surface area contributed by atoms with Gasteiger partial charge in [0.2, 0.25) is 11.0 Å². The lowest BCUT2D eigenvalue weighted by Crippen LogP contribution is -2.14. The van der Waals surface area contributed by atoms with Gasteiger partial charge < -0.3 is 10.3 Å². The van der Waals surface area contributed by atoms with Crippen LogP contribution < -0.4 is 10.9 Å². The van der Waals surface area contributed by atoms with Gasteiger partial charge in [-0.1, -0.05) is 41.3 Å². The Morgan fingerprint density at radius 2 is 2.19 bits per heavy atom. The van der Waals surface area contributed by atoms with Crippen LogP contribution in [0.4, 0.5) is 5.13 Å². The minimum absolute atomic E-state index is 0.135. The van der Waals surface area contributed by atoms with Crippen LogP contribution in [0.1, 0.15) is 18.7 Å². The second kappa shape index (κ2) is 8.72. The summed E-state index contributed by atoms with van der Waals surface area (Å²) in [6.07, 6.45) is 3.19. The molecule has 9 heteroatoms. The number of carbonyl (C=O) groups is 1. The average molecular weight is 387 g/mol. The summed E-state index contributed by atoms with van der Waals surface area (Å²) in [5.74, 6) is 1.20. The highest BCUT2D eigenvalue weighted by Crippen LogP contribution is 2.25. The van der Waals surface area contributed by atoms with E-state index < -0.39 is 0 Å². The molecule has 0 bridgehead atoms. The summed E-state index contributed by atoms with van der Waals surface area (Å²) < 4.78 is 0.790. The average Bonchev–Trinajstić information content (AvgIpc) is 3.07. The molecule has 0 aliphatic heterocycles. The zero-order valence-corrected chi connectivity index (χ0v) is 15.5. The first-order valence-electron chi connectivity index (χ1n) is 8.00. The van der Waals surface area contributed by atoms with E-state index in [2.05, 4.69) is 32.1 Å². The molecule has 0 aliphatic rings. The van der Waals surface area contributed by atoms with Crippen molar-refractivity contribution in [2.75, 3.05) is 11.1 Å². The zero-order chi connectivity index (χ0) is 18.4. The monoisotopic (exact) mass is 387 g/mol. The van der Waals surface area contributed by atoms with Gasteiger partial charge in [0, 0.05) is 18.6 Å². The maximum atomic E-state index is 12.0. The predicted octanol–water partition coefficient (Wildman–Crippen LogP) is 3.01. The van der Waals surface area contributed by atoms with E-state index in [0.717, 1.165) is 10.1 Å². The molecule has 2 N–H and O–H groups in total. The molecule has 26 heavy (non-hydrogen) atoms. The van der Waals surface area contributed by atoms with Crippen LogP contribution in [0, 0.1) is 0 Å². The molecule has 1 aromatic carbocycles. The van der Waals surface area contributed by atoms with Gasteiger partial charge in [-0.2, -0.15) is 0 Å². The van der Waals surface area contributed by atoms with Gasteiger partial charge in [0.05, 0.1) is 10.9 Å². The molecule has 0 aliphatic carbocycles. The molecule has 0 unspecified atom stereocenters. The lowest BCUT2D eigenvalue weighted by molar-refractivity contribution is -0.116. The van der Waals surface area contributed by atoms with Crippen molar-refractivity contribution < 1.29 is 4.79 Å². The van der Waals surface area contributed by atoms with Crippen molar-refractivity contribution in [2.45, 2.75) is 23.6 Å².